The van der Waals surface area contributed by atoms with E-state index in [4.69, 9.17) is 22.1 Å². The molecule has 1 aromatic carbocycles. The molecule has 0 amide bonds. The van der Waals surface area contributed by atoms with Crippen LogP contribution >= 0.6 is 11.6 Å². The van der Waals surface area contributed by atoms with Crippen molar-refractivity contribution < 1.29 is 18.3 Å². The average Bonchev–Trinajstić information content (AvgIpc) is 2.42. The third-order valence-corrected chi connectivity index (χ3v) is 5.30. The molecule has 20 heavy (non-hydrogen) atoms. The van der Waals surface area contributed by atoms with Crippen molar-refractivity contribution in [2.24, 2.45) is 0 Å². The molecule has 1 aliphatic rings. The van der Waals surface area contributed by atoms with Crippen molar-refractivity contribution in [3.8, 4) is 0 Å². The first-order valence-corrected chi connectivity index (χ1v) is 8.02. The van der Waals surface area contributed by atoms with E-state index in [1.165, 1.54) is 18.2 Å². The van der Waals surface area contributed by atoms with Crippen LogP contribution < -0.4 is 10.5 Å². The quantitative estimate of drug-likeness (QED) is 0.710. The average molecular weight is 321 g/mol. The first-order chi connectivity index (χ1) is 9.38. The lowest BCUT2D eigenvalue weighted by atomic mass is 9.93. The maximum atomic E-state index is 12.4. The van der Waals surface area contributed by atoms with Crippen LogP contribution in [0.15, 0.2) is 23.1 Å². The van der Waals surface area contributed by atoms with Gasteiger partial charge in [0, 0.05) is 13.2 Å². The van der Waals surface area contributed by atoms with Crippen LogP contribution in [0.4, 0.5) is 5.69 Å². The number of hydrogen-bond donors (Lipinski definition) is 3. The zero-order valence-electron chi connectivity index (χ0n) is 10.8. The first-order valence-electron chi connectivity index (χ1n) is 6.16. The molecule has 0 aliphatic carbocycles. The minimum Gasteiger partial charge on any atom is -0.397 e. The van der Waals surface area contributed by atoms with Gasteiger partial charge in [0.05, 0.1) is 27.8 Å². The lowest BCUT2D eigenvalue weighted by Gasteiger charge is -2.35. The molecule has 6 nitrogen and oxygen atoms in total. The predicted molar refractivity (Wildman–Crippen MR) is 76.1 cm³/mol. The Kier molecular flexibility index (Phi) is 4.55. The minimum atomic E-state index is -3.77. The molecule has 8 heteroatoms. The summed E-state index contributed by atoms with van der Waals surface area (Å²) in [6, 6.07) is 4.11. The Morgan fingerprint density at radius 3 is 2.60 bits per heavy atom. The van der Waals surface area contributed by atoms with E-state index in [-0.39, 0.29) is 17.2 Å². The molecule has 0 radical (unpaired) electrons. The molecule has 1 aromatic rings. The monoisotopic (exact) mass is 320 g/mol. The maximum absolute atomic E-state index is 12.4. The molecule has 0 saturated carbocycles. The Morgan fingerprint density at radius 2 is 2.05 bits per heavy atom. The number of nitrogen functional groups attached to an aromatic ring is 1. The molecule has 0 atom stereocenters. The number of aliphatic hydroxyl groups excluding tert-OH is 1. The van der Waals surface area contributed by atoms with E-state index in [1.54, 1.807) is 0 Å². The smallest absolute Gasteiger partial charge is 0.241 e. The zero-order chi connectivity index (χ0) is 14.8. The number of nitrogens with two attached hydrogens (primary N) is 1. The third kappa shape index (κ3) is 3.24. The molecular formula is C12H17ClN2O4S. The summed E-state index contributed by atoms with van der Waals surface area (Å²) in [5.41, 5.74) is 4.93. The van der Waals surface area contributed by atoms with E-state index in [1.807, 2.05) is 0 Å². The summed E-state index contributed by atoms with van der Waals surface area (Å²) in [6.45, 7) is 0.538. The largest absolute Gasteiger partial charge is 0.397 e. The van der Waals surface area contributed by atoms with Crippen molar-refractivity contribution in [3.63, 3.8) is 0 Å². The van der Waals surface area contributed by atoms with E-state index >= 15 is 0 Å². The summed E-state index contributed by atoms with van der Waals surface area (Å²) in [5, 5.41) is 9.82. The van der Waals surface area contributed by atoms with Crippen LogP contribution in [-0.4, -0.2) is 38.9 Å². The van der Waals surface area contributed by atoms with Gasteiger partial charge in [-0.15, -0.1) is 0 Å². The molecule has 0 aromatic heterocycles. The van der Waals surface area contributed by atoms with E-state index in [0.29, 0.717) is 31.1 Å². The fourth-order valence-electron chi connectivity index (χ4n) is 2.09. The summed E-state index contributed by atoms with van der Waals surface area (Å²) in [7, 11) is -3.77. The van der Waals surface area contributed by atoms with E-state index in [9.17, 15) is 13.5 Å². The molecule has 1 aliphatic heterocycles. The fourth-order valence-corrected chi connectivity index (χ4v) is 3.69. The summed E-state index contributed by atoms with van der Waals surface area (Å²) in [5.74, 6) is 0. The van der Waals surface area contributed by atoms with E-state index < -0.39 is 15.6 Å². The number of benzene rings is 1. The van der Waals surface area contributed by atoms with Crippen molar-refractivity contribution in [1.29, 1.82) is 0 Å². The SMILES string of the molecule is Nc1cc(S(=O)(=O)NC2(CO)CCOCC2)ccc1Cl. The number of hydrogen-bond acceptors (Lipinski definition) is 5. The van der Waals surface area contributed by atoms with E-state index in [0.717, 1.165) is 0 Å². The van der Waals surface area contributed by atoms with Crippen LogP contribution in [0, 0.1) is 0 Å². The molecule has 1 heterocycles. The number of rotatable bonds is 4. The van der Waals surface area contributed by atoms with Gasteiger partial charge in [-0.05, 0) is 31.0 Å². The molecule has 0 unspecified atom stereocenters. The Hall–Kier alpha value is -0.860. The number of ether oxygens (including phenoxy) is 1. The van der Waals surface area contributed by atoms with Gasteiger partial charge in [0.1, 0.15) is 0 Å². The van der Waals surface area contributed by atoms with Gasteiger partial charge in [-0.25, -0.2) is 13.1 Å². The molecule has 4 N–H and O–H groups in total. The molecule has 0 spiro atoms. The van der Waals surface area contributed by atoms with Crippen LogP contribution in [-0.2, 0) is 14.8 Å². The molecular weight excluding hydrogens is 304 g/mol. The summed E-state index contributed by atoms with van der Waals surface area (Å²) < 4.78 is 32.5. The molecule has 0 bridgehead atoms. The highest BCUT2D eigenvalue weighted by atomic mass is 35.5. The van der Waals surface area contributed by atoms with Gasteiger partial charge in [-0.1, -0.05) is 11.6 Å². The second-order valence-corrected chi connectivity index (χ2v) is 6.93. The summed E-state index contributed by atoms with van der Waals surface area (Å²) in [4.78, 5) is 0.0266. The molecule has 112 valence electrons. The molecule has 1 fully saturated rings. The molecule has 2 rings (SSSR count). The predicted octanol–water partition coefficient (Wildman–Crippen LogP) is 0.742. The van der Waals surface area contributed by atoms with Gasteiger partial charge in [0.25, 0.3) is 0 Å². The Morgan fingerprint density at radius 1 is 1.40 bits per heavy atom. The number of aliphatic hydroxyl groups is 1. The number of anilines is 1. The Bertz CT molecular complexity index is 585. The topological polar surface area (TPSA) is 102 Å². The van der Waals surface area contributed by atoms with Gasteiger partial charge in [-0.2, -0.15) is 0 Å². The van der Waals surface area contributed by atoms with Crippen molar-refractivity contribution >= 4 is 27.3 Å². The van der Waals surface area contributed by atoms with Crippen molar-refractivity contribution in [2.45, 2.75) is 23.3 Å². The lowest BCUT2D eigenvalue weighted by Crippen LogP contribution is -2.54. The van der Waals surface area contributed by atoms with Crippen molar-refractivity contribution in [1.82, 2.24) is 4.72 Å². The van der Waals surface area contributed by atoms with Crippen LogP contribution in [0.25, 0.3) is 0 Å². The zero-order valence-corrected chi connectivity index (χ0v) is 12.4. The highest BCUT2D eigenvalue weighted by molar-refractivity contribution is 7.89. The highest BCUT2D eigenvalue weighted by Gasteiger charge is 2.36. The normalized spacial score (nSPS) is 18.9. The minimum absolute atomic E-state index is 0.0266. The fraction of sp³-hybridized carbons (Fsp3) is 0.500. The second-order valence-electron chi connectivity index (χ2n) is 4.84. The van der Waals surface area contributed by atoms with Crippen LogP contribution in [0.2, 0.25) is 5.02 Å². The van der Waals surface area contributed by atoms with Gasteiger partial charge >= 0.3 is 0 Å². The Labute approximate surface area is 122 Å². The van der Waals surface area contributed by atoms with Crippen molar-refractivity contribution in [3.05, 3.63) is 23.2 Å². The molecule has 1 saturated heterocycles. The lowest BCUT2D eigenvalue weighted by molar-refractivity contribution is 0.0223. The van der Waals surface area contributed by atoms with Gasteiger partial charge in [-0.3, -0.25) is 0 Å². The number of nitrogens with one attached hydrogen (secondary N) is 1. The van der Waals surface area contributed by atoms with Crippen LogP contribution in [0.5, 0.6) is 0 Å². The Balaban J connectivity index is 2.27. The number of halogens is 1. The van der Waals surface area contributed by atoms with Crippen molar-refractivity contribution in [2.75, 3.05) is 25.6 Å². The summed E-state index contributed by atoms with van der Waals surface area (Å²) in [6.07, 6.45) is 0.845. The van der Waals surface area contributed by atoms with E-state index in [2.05, 4.69) is 4.72 Å². The van der Waals surface area contributed by atoms with Gasteiger partial charge in [0.15, 0.2) is 0 Å². The first kappa shape index (κ1) is 15.5. The maximum Gasteiger partial charge on any atom is 0.241 e. The standard InChI is InChI=1S/C12H17ClN2O4S/c13-10-2-1-9(7-11(10)14)20(17,18)15-12(8-16)3-5-19-6-4-12/h1-2,7,15-16H,3-6,8,14H2. The summed E-state index contributed by atoms with van der Waals surface area (Å²) >= 11 is 5.78. The van der Waals surface area contributed by atoms with Gasteiger partial charge < -0.3 is 15.6 Å². The number of sulfonamides is 1. The van der Waals surface area contributed by atoms with Crippen LogP contribution in [0.3, 0.4) is 0 Å². The van der Waals surface area contributed by atoms with Crippen LogP contribution in [0.1, 0.15) is 12.8 Å². The highest BCUT2D eigenvalue weighted by Crippen LogP contribution is 2.26. The van der Waals surface area contributed by atoms with Gasteiger partial charge in [0.2, 0.25) is 10.0 Å². The second kappa shape index (κ2) is 5.87. The third-order valence-electron chi connectivity index (χ3n) is 3.38.